The zero-order valence-corrected chi connectivity index (χ0v) is 28.2. The quantitative estimate of drug-likeness (QED) is 0.0950. The highest BCUT2D eigenvalue weighted by molar-refractivity contribution is 7.48. The fourth-order valence-corrected chi connectivity index (χ4v) is 5.77. The minimum atomic E-state index is -4.84. The summed E-state index contributed by atoms with van der Waals surface area (Å²) in [4.78, 5) is 37.2. The summed E-state index contributed by atoms with van der Waals surface area (Å²) < 4.78 is 45.6. The average Bonchev–Trinajstić information content (AvgIpc) is 3.06. The Labute approximate surface area is 274 Å². The first-order chi connectivity index (χ1) is 22.5. The molecule has 0 aliphatic heterocycles. The number of phosphoric acid groups is 1. The summed E-state index contributed by atoms with van der Waals surface area (Å²) in [5.41, 5.74) is 4.62. The molecule has 0 aliphatic rings. The molecule has 0 unspecified atom stereocenters. The van der Waals surface area contributed by atoms with Crippen molar-refractivity contribution < 1.29 is 47.0 Å². The van der Waals surface area contributed by atoms with E-state index >= 15 is 0 Å². The third-order valence-electron chi connectivity index (χ3n) is 7.48. The summed E-state index contributed by atoms with van der Waals surface area (Å²) in [5, 5.41) is 0. The monoisotopic (exact) mass is 662 g/mol. The topological polar surface area (TPSA) is 127 Å². The molecule has 0 saturated carbocycles. The van der Waals surface area contributed by atoms with Crippen LogP contribution in [0.3, 0.4) is 0 Å². The Morgan fingerprint density at radius 1 is 0.574 bits per heavy atom. The van der Waals surface area contributed by atoms with Gasteiger partial charge in [-0.1, -0.05) is 59.7 Å². The SMILES string of the molecule is COc1cc(OP(=O)(O)Oc2cc(OC)c(C(=O)CCc3ccc(C)cc3)c(OC)c2)cc(OC)c1C(=O)CCc1ccc(C)cc1. The highest BCUT2D eigenvalue weighted by atomic mass is 31.2. The largest absolute Gasteiger partial charge is 0.584 e. The molecule has 0 atom stereocenters. The molecule has 4 rings (SSSR count). The summed E-state index contributed by atoms with van der Waals surface area (Å²) in [6.07, 6.45) is 1.39. The number of hydrogen-bond acceptors (Lipinski definition) is 9. The van der Waals surface area contributed by atoms with Crippen LogP contribution >= 0.6 is 7.82 Å². The lowest BCUT2D eigenvalue weighted by Gasteiger charge is -2.19. The number of aryl methyl sites for hydroxylation is 4. The van der Waals surface area contributed by atoms with Gasteiger partial charge in [0.05, 0.1) is 28.4 Å². The molecule has 0 fully saturated rings. The summed E-state index contributed by atoms with van der Waals surface area (Å²) in [7, 11) is 0.629. The molecule has 4 aromatic carbocycles. The van der Waals surface area contributed by atoms with Gasteiger partial charge < -0.3 is 28.0 Å². The van der Waals surface area contributed by atoms with E-state index in [9.17, 15) is 19.0 Å². The standard InChI is InChI=1S/C36H39O10P/c1-23-7-11-25(12-8-23)15-17-29(37)35-31(41-3)19-27(20-32(35)42-4)45-47(39,40)46-28-21-33(43-5)36(34(22-28)44-6)30(38)18-16-26-13-9-24(2)10-14-26/h7-14,19-22H,15-18H2,1-6H3,(H,39,40). The minimum absolute atomic E-state index is 0.102. The Morgan fingerprint density at radius 3 is 1.15 bits per heavy atom. The van der Waals surface area contributed by atoms with Gasteiger partial charge in [-0.05, 0) is 37.8 Å². The zero-order valence-electron chi connectivity index (χ0n) is 27.3. The van der Waals surface area contributed by atoms with Gasteiger partial charge in [0.25, 0.3) is 0 Å². The molecular weight excluding hydrogens is 623 g/mol. The molecule has 248 valence electrons. The molecule has 0 spiro atoms. The first-order valence-electron chi connectivity index (χ1n) is 14.9. The van der Waals surface area contributed by atoms with Crippen molar-refractivity contribution in [3.8, 4) is 34.5 Å². The minimum Gasteiger partial charge on any atom is -0.496 e. The third kappa shape index (κ3) is 9.15. The Morgan fingerprint density at radius 2 is 0.872 bits per heavy atom. The van der Waals surface area contributed by atoms with Gasteiger partial charge in [-0.2, -0.15) is 0 Å². The lowest BCUT2D eigenvalue weighted by molar-refractivity contribution is 0.0968. The van der Waals surface area contributed by atoms with Crippen LogP contribution in [-0.4, -0.2) is 44.9 Å². The third-order valence-corrected chi connectivity index (χ3v) is 8.36. The summed E-state index contributed by atoms with van der Waals surface area (Å²) in [5.74, 6) is -0.336. The summed E-state index contributed by atoms with van der Waals surface area (Å²) >= 11 is 0. The van der Waals surface area contributed by atoms with E-state index in [-0.39, 0.29) is 70.0 Å². The number of benzene rings is 4. The summed E-state index contributed by atoms with van der Waals surface area (Å²) in [6, 6.07) is 21.0. The second-order valence-electron chi connectivity index (χ2n) is 10.9. The molecule has 1 N–H and O–H groups in total. The van der Waals surface area contributed by atoms with E-state index in [1.54, 1.807) is 0 Å². The van der Waals surface area contributed by atoms with Crippen LogP contribution < -0.4 is 28.0 Å². The molecular formula is C36H39O10P. The van der Waals surface area contributed by atoms with E-state index in [2.05, 4.69) is 0 Å². The molecule has 0 bridgehead atoms. The van der Waals surface area contributed by atoms with Crippen molar-refractivity contribution in [3.63, 3.8) is 0 Å². The van der Waals surface area contributed by atoms with Crippen molar-refractivity contribution in [1.29, 1.82) is 0 Å². The molecule has 0 aromatic heterocycles. The Hall–Kier alpha value is -4.79. The Bertz CT molecular complexity index is 1590. The summed E-state index contributed by atoms with van der Waals surface area (Å²) in [6.45, 7) is 3.98. The van der Waals surface area contributed by atoms with E-state index in [4.69, 9.17) is 28.0 Å². The number of phosphoric ester groups is 1. The van der Waals surface area contributed by atoms with Gasteiger partial charge in [-0.3, -0.25) is 14.5 Å². The Kier molecular flexibility index (Phi) is 11.7. The lowest BCUT2D eigenvalue weighted by atomic mass is 10.0. The molecule has 0 aliphatic carbocycles. The van der Waals surface area contributed by atoms with E-state index in [1.165, 1.54) is 52.7 Å². The number of carbonyl (C=O) groups excluding carboxylic acids is 2. The fourth-order valence-electron chi connectivity index (χ4n) is 4.99. The number of carbonyl (C=O) groups is 2. The van der Waals surface area contributed by atoms with E-state index < -0.39 is 7.82 Å². The van der Waals surface area contributed by atoms with Crippen LogP contribution in [0.4, 0.5) is 0 Å². The van der Waals surface area contributed by atoms with Crippen LogP contribution in [0.1, 0.15) is 55.8 Å². The molecule has 0 saturated heterocycles. The predicted octanol–water partition coefficient (Wildman–Crippen LogP) is 7.53. The first kappa shape index (κ1) is 35.1. The Balaban J connectivity index is 1.51. The number of ketones is 2. The lowest BCUT2D eigenvalue weighted by Crippen LogP contribution is -2.08. The van der Waals surface area contributed by atoms with Crippen LogP contribution in [0, 0.1) is 13.8 Å². The molecule has 0 amide bonds. The molecule has 0 heterocycles. The van der Waals surface area contributed by atoms with Crippen molar-refractivity contribution >= 4 is 19.4 Å². The molecule has 47 heavy (non-hydrogen) atoms. The van der Waals surface area contributed by atoms with Crippen LogP contribution in [0.25, 0.3) is 0 Å². The number of hydrogen-bond donors (Lipinski definition) is 1. The maximum absolute atomic E-state index is 13.2. The first-order valence-corrected chi connectivity index (χ1v) is 16.4. The van der Waals surface area contributed by atoms with E-state index in [1.807, 2.05) is 62.4 Å². The highest BCUT2D eigenvalue weighted by Gasteiger charge is 2.30. The van der Waals surface area contributed by atoms with Crippen molar-refractivity contribution in [2.45, 2.75) is 39.5 Å². The number of ether oxygens (including phenoxy) is 4. The second kappa shape index (κ2) is 15.7. The smallest absolute Gasteiger partial charge is 0.496 e. The molecule has 10 nitrogen and oxygen atoms in total. The van der Waals surface area contributed by atoms with Gasteiger partial charge in [0.1, 0.15) is 45.6 Å². The van der Waals surface area contributed by atoms with Crippen LogP contribution in [0.15, 0.2) is 72.8 Å². The zero-order chi connectivity index (χ0) is 34.1. The maximum Gasteiger partial charge on any atom is 0.584 e. The van der Waals surface area contributed by atoms with Crippen molar-refractivity contribution in [2.75, 3.05) is 28.4 Å². The van der Waals surface area contributed by atoms with Gasteiger partial charge in [0.15, 0.2) is 11.6 Å². The van der Waals surface area contributed by atoms with E-state index in [0.717, 1.165) is 22.3 Å². The van der Waals surface area contributed by atoms with Gasteiger partial charge >= 0.3 is 7.82 Å². The molecule has 11 heteroatoms. The van der Waals surface area contributed by atoms with Crippen molar-refractivity contribution in [2.24, 2.45) is 0 Å². The van der Waals surface area contributed by atoms with Gasteiger partial charge in [0.2, 0.25) is 0 Å². The van der Waals surface area contributed by atoms with E-state index in [0.29, 0.717) is 12.8 Å². The highest BCUT2D eigenvalue weighted by Crippen LogP contribution is 2.48. The normalized spacial score (nSPS) is 11.0. The van der Waals surface area contributed by atoms with Gasteiger partial charge in [-0.15, -0.1) is 0 Å². The van der Waals surface area contributed by atoms with Gasteiger partial charge in [-0.25, -0.2) is 4.57 Å². The van der Waals surface area contributed by atoms with Gasteiger partial charge in [0, 0.05) is 37.1 Å². The average molecular weight is 663 g/mol. The van der Waals surface area contributed by atoms with Crippen molar-refractivity contribution in [3.05, 3.63) is 106 Å². The predicted molar refractivity (Wildman–Crippen MR) is 178 cm³/mol. The number of methoxy groups -OCH3 is 4. The molecule has 4 aromatic rings. The number of rotatable bonds is 16. The fraction of sp³-hybridized carbons (Fsp3) is 0.278. The maximum atomic E-state index is 13.2. The van der Waals surface area contributed by atoms with Crippen molar-refractivity contribution in [1.82, 2.24) is 0 Å². The van der Waals surface area contributed by atoms with Crippen LogP contribution in [-0.2, 0) is 17.4 Å². The second-order valence-corrected chi connectivity index (χ2v) is 12.2. The van der Waals surface area contributed by atoms with Crippen LogP contribution in [0.2, 0.25) is 0 Å². The number of Topliss-reactive ketones (excluding diaryl/α,β-unsaturated/α-hetero) is 2. The molecule has 0 radical (unpaired) electrons. The van der Waals surface area contributed by atoms with Crippen LogP contribution in [0.5, 0.6) is 34.5 Å².